The molecule has 200 valence electrons. The zero-order valence-electron chi connectivity index (χ0n) is 21.9. The third-order valence-corrected chi connectivity index (χ3v) is 7.98. The summed E-state index contributed by atoms with van der Waals surface area (Å²) in [5.74, 6) is 0.179. The fourth-order valence-corrected chi connectivity index (χ4v) is 5.91. The van der Waals surface area contributed by atoms with E-state index >= 15 is 0 Å². The van der Waals surface area contributed by atoms with Crippen LogP contribution in [0.3, 0.4) is 0 Å². The molecule has 0 unspecified atom stereocenters. The number of aliphatic hydroxyl groups is 1. The number of aromatic nitrogens is 2. The molecular weight excluding hydrogens is 502 g/mol. The highest BCUT2D eigenvalue weighted by molar-refractivity contribution is 7.14. The number of ether oxygens (including phenoxy) is 1. The standard InChI is InChI=1S/C28H33N5O4S/c1-17-13-33(14-18(2)37-17)24-6-4-5-22(30-24)23-15-38-27(31-23)32-25(35)12-29-26(36)20-8-7-19-9-10-28(3,16-34)21(19)11-20/h4-8,11,15,17-18,34H,9-10,12-14,16H2,1-3H3,(H,29,36)(H,31,32,35)/t17-,18+,28-/m0/s1. The monoisotopic (exact) mass is 535 g/mol. The Morgan fingerprint density at radius 3 is 2.71 bits per heavy atom. The zero-order chi connectivity index (χ0) is 26.9. The summed E-state index contributed by atoms with van der Waals surface area (Å²) in [7, 11) is 0. The Balaban J connectivity index is 1.18. The number of morpholine rings is 1. The Bertz CT molecular complexity index is 1330. The summed E-state index contributed by atoms with van der Waals surface area (Å²) in [5.41, 5.74) is 3.71. The van der Waals surface area contributed by atoms with Crippen LogP contribution >= 0.6 is 11.3 Å². The lowest BCUT2D eigenvalue weighted by atomic mass is 9.84. The van der Waals surface area contributed by atoms with Crippen LogP contribution in [0.4, 0.5) is 10.9 Å². The van der Waals surface area contributed by atoms with E-state index in [4.69, 9.17) is 9.72 Å². The third-order valence-electron chi connectivity index (χ3n) is 7.22. The van der Waals surface area contributed by atoms with Crippen molar-refractivity contribution in [3.63, 3.8) is 0 Å². The molecule has 3 aromatic rings. The van der Waals surface area contributed by atoms with Gasteiger partial charge in [-0.1, -0.05) is 19.1 Å². The van der Waals surface area contributed by atoms with E-state index in [1.165, 1.54) is 11.3 Å². The first kappa shape index (κ1) is 26.3. The van der Waals surface area contributed by atoms with Gasteiger partial charge in [-0.05, 0) is 62.1 Å². The van der Waals surface area contributed by atoms with E-state index in [9.17, 15) is 14.7 Å². The van der Waals surface area contributed by atoms with E-state index in [0.29, 0.717) is 16.4 Å². The van der Waals surface area contributed by atoms with Crippen LogP contribution in [-0.4, -0.2) is 65.3 Å². The molecule has 0 spiro atoms. The van der Waals surface area contributed by atoms with Gasteiger partial charge in [0.2, 0.25) is 5.91 Å². The van der Waals surface area contributed by atoms with Crippen molar-refractivity contribution in [2.24, 2.45) is 0 Å². The fraction of sp³-hybridized carbons (Fsp3) is 0.429. The molecule has 0 bridgehead atoms. The maximum atomic E-state index is 12.7. The van der Waals surface area contributed by atoms with Crippen molar-refractivity contribution in [2.75, 3.05) is 36.5 Å². The molecule has 1 aliphatic heterocycles. The van der Waals surface area contributed by atoms with Gasteiger partial charge in [0.15, 0.2) is 5.13 Å². The molecular formula is C28H33N5O4S. The van der Waals surface area contributed by atoms with E-state index in [1.54, 1.807) is 6.07 Å². The lowest BCUT2D eigenvalue weighted by molar-refractivity contribution is -0.115. The van der Waals surface area contributed by atoms with E-state index in [0.717, 1.165) is 48.6 Å². The number of pyridine rings is 1. The summed E-state index contributed by atoms with van der Waals surface area (Å²) >= 11 is 1.31. The molecule has 1 saturated heterocycles. The molecule has 2 aliphatic rings. The first-order valence-electron chi connectivity index (χ1n) is 12.9. The number of benzene rings is 1. The molecule has 1 aliphatic carbocycles. The molecule has 1 fully saturated rings. The van der Waals surface area contributed by atoms with Gasteiger partial charge >= 0.3 is 0 Å². The molecule has 3 heterocycles. The summed E-state index contributed by atoms with van der Waals surface area (Å²) in [6.45, 7) is 7.53. The van der Waals surface area contributed by atoms with Crippen molar-refractivity contribution < 1.29 is 19.4 Å². The number of carbonyl (C=O) groups is 2. The fourth-order valence-electron chi connectivity index (χ4n) is 5.19. The van der Waals surface area contributed by atoms with Gasteiger partial charge < -0.3 is 25.4 Å². The van der Waals surface area contributed by atoms with Gasteiger partial charge in [0.1, 0.15) is 11.5 Å². The maximum Gasteiger partial charge on any atom is 0.251 e. The number of thiazole rings is 1. The zero-order valence-corrected chi connectivity index (χ0v) is 22.7. The SMILES string of the molecule is C[C@@H]1CN(c2cccc(-c3csc(NC(=O)CNC(=O)c4ccc5c(c4)[C@](C)(CO)CC5)n3)n2)C[C@H](C)O1. The number of anilines is 2. The van der Waals surface area contributed by atoms with Crippen LogP contribution in [0.5, 0.6) is 0 Å². The lowest BCUT2D eigenvalue weighted by Gasteiger charge is -2.36. The van der Waals surface area contributed by atoms with Gasteiger partial charge in [0, 0.05) is 29.4 Å². The number of amides is 2. The first-order chi connectivity index (χ1) is 18.2. The Morgan fingerprint density at radius 2 is 1.95 bits per heavy atom. The van der Waals surface area contributed by atoms with Crippen LogP contribution in [0, 0.1) is 0 Å². The largest absolute Gasteiger partial charge is 0.395 e. The number of aliphatic hydroxyl groups excluding tert-OH is 1. The predicted molar refractivity (Wildman–Crippen MR) is 148 cm³/mol. The van der Waals surface area contributed by atoms with Gasteiger partial charge in [-0.3, -0.25) is 9.59 Å². The van der Waals surface area contributed by atoms with E-state index in [2.05, 4.69) is 34.4 Å². The van der Waals surface area contributed by atoms with E-state index in [1.807, 2.05) is 42.6 Å². The summed E-state index contributed by atoms with van der Waals surface area (Å²) in [6, 6.07) is 11.4. The Morgan fingerprint density at radius 1 is 1.16 bits per heavy atom. The number of carbonyl (C=O) groups excluding carboxylic acids is 2. The Hall–Kier alpha value is -3.34. The minimum Gasteiger partial charge on any atom is -0.395 e. The van der Waals surface area contributed by atoms with Gasteiger partial charge in [-0.15, -0.1) is 11.3 Å². The number of rotatable bonds is 7. The molecule has 38 heavy (non-hydrogen) atoms. The summed E-state index contributed by atoms with van der Waals surface area (Å²) in [4.78, 5) is 36.8. The summed E-state index contributed by atoms with van der Waals surface area (Å²) in [5, 5.41) is 17.5. The van der Waals surface area contributed by atoms with E-state index in [-0.39, 0.29) is 42.6 Å². The average Bonchev–Trinajstić information content (AvgIpc) is 3.51. The molecule has 9 nitrogen and oxygen atoms in total. The molecule has 10 heteroatoms. The minimum absolute atomic E-state index is 0.0364. The van der Waals surface area contributed by atoms with E-state index < -0.39 is 0 Å². The maximum absolute atomic E-state index is 12.7. The number of nitrogens with zero attached hydrogens (tertiary/aromatic N) is 3. The molecule has 0 radical (unpaired) electrons. The van der Waals surface area contributed by atoms with Crippen LogP contribution in [0.1, 0.15) is 48.7 Å². The molecule has 0 saturated carbocycles. The van der Waals surface area contributed by atoms with Crippen molar-refractivity contribution in [2.45, 2.75) is 51.2 Å². The van der Waals surface area contributed by atoms with Gasteiger partial charge in [-0.2, -0.15) is 0 Å². The third kappa shape index (κ3) is 5.57. The highest BCUT2D eigenvalue weighted by Crippen LogP contribution is 2.38. The van der Waals surface area contributed by atoms with Crippen molar-refractivity contribution in [3.05, 3.63) is 58.5 Å². The second-order valence-corrected chi connectivity index (χ2v) is 11.3. The normalized spacial score (nSPS) is 22.7. The van der Waals surface area contributed by atoms with Gasteiger partial charge in [0.05, 0.1) is 31.1 Å². The van der Waals surface area contributed by atoms with Crippen molar-refractivity contribution in [1.29, 1.82) is 0 Å². The number of aryl methyl sites for hydroxylation is 1. The van der Waals surface area contributed by atoms with Crippen molar-refractivity contribution in [3.8, 4) is 11.4 Å². The minimum atomic E-state index is -0.362. The predicted octanol–water partition coefficient (Wildman–Crippen LogP) is 3.38. The molecule has 2 aromatic heterocycles. The quantitative estimate of drug-likeness (QED) is 0.425. The molecule has 3 atom stereocenters. The highest BCUT2D eigenvalue weighted by atomic mass is 32.1. The summed E-state index contributed by atoms with van der Waals surface area (Å²) in [6.07, 6.45) is 2.01. The second kappa shape index (κ2) is 10.8. The van der Waals surface area contributed by atoms with Crippen molar-refractivity contribution in [1.82, 2.24) is 15.3 Å². The molecule has 1 aromatic carbocycles. The molecule has 5 rings (SSSR count). The second-order valence-electron chi connectivity index (χ2n) is 10.4. The first-order valence-corrected chi connectivity index (χ1v) is 13.8. The molecule has 2 amide bonds. The average molecular weight is 536 g/mol. The number of hydrogen-bond donors (Lipinski definition) is 3. The van der Waals surface area contributed by atoms with Gasteiger partial charge in [-0.25, -0.2) is 9.97 Å². The highest BCUT2D eigenvalue weighted by Gasteiger charge is 2.34. The number of nitrogens with one attached hydrogen (secondary N) is 2. The smallest absolute Gasteiger partial charge is 0.251 e. The Kier molecular flexibility index (Phi) is 7.47. The van der Waals surface area contributed by atoms with Crippen LogP contribution in [-0.2, 0) is 21.4 Å². The van der Waals surface area contributed by atoms with Crippen LogP contribution in [0.25, 0.3) is 11.4 Å². The van der Waals surface area contributed by atoms with Crippen LogP contribution in [0.2, 0.25) is 0 Å². The number of hydrogen-bond acceptors (Lipinski definition) is 8. The number of fused-ring (bicyclic) bond motifs is 1. The van der Waals surface area contributed by atoms with Crippen molar-refractivity contribution >= 4 is 34.1 Å². The molecule has 3 N–H and O–H groups in total. The topological polar surface area (TPSA) is 117 Å². The van der Waals surface area contributed by atoms with Crippen LogP contribution in [0.15, 0.2) is 41.8 Å². The van der Waals surface area contributed by atoms with Crippen LogP contribution < -0.4 is 15.5 Å². The Labute approximate surface area is 226 Å². The summed E-state index contributed by atoms with van der Waals surface area (Å²) < 4.78 is 5.83. The lowest BCUT2D eigenvalue weighted by Crippen LogP contribution is -2.45. The van der Waals surface area contributed by atoms with Gasteiger partial charge in [0.25, 0.3) is 5.91 Å².